The fraction of sp³-hybridized carbons (Fsp3) is 0.462. The van der Waals surface area contributed by atoms with Crippen LogP contribution in [0.25, 0.3) is 0 Å². The van der Waals surface area contributed by atoms with Crippen LogP contribution in [0.4, 0.5) is 4.39 Å². The molecule has 0 bridgehead atoms. The first kappa shape index (κ1) is 12.6. The van der Waals surface area contributed by atoms with Crippen molar-refractivity contribution in [1.29, 1.82) is 0 Å². The van der Waals surface area contributed by atoms with Gasteiger partial charge in [0.1, 0.15) is 5.82 Å². The topological polar surface area (TPSA) is 29.1 Å². The number of hydrogen-bond acceptors (Lipinski definition) is 1. The van der Waals surface area contributed by atoms with E-state index in [4.69, 9.17) is 0 Å². The Balaban J connectivity index is 1.98. The molecule has 0 aromatic heterocycles. The first-order valence-corrected chi connectivity index (χ1v) is 6.79. The van der Waals surface area contributed by atoms with Gasteiger partial charge in [-0.2, -0.15) is 0 Å². The average Bonchev–Trinajstić information content (AvgIpc) is 2.33. The summed E-state index contributed by atoms with van der Waals surface area (Å²) in [5.41, 5.74) is 0.511. The van der Waals surface area contributed by atoms with E-state index in [2.05, 4.69) is 21.2 Å². The van der Waals surface area contributed by atoms with Crippen molar-refractivity contribution in [3.8, 4) is 0 Å². The molecule has 0 heterocycles. The SMILES string of the molecule is O=C(N[C@@H]1CCCC[C@H]1Br)c1ccc(F)cc1. The standard InChI is InChI=1S/C13H15BrFNO/c14-11-3-1-2-4-12(11)16-13(17)9-5-7-10(15)8-6-9/h5-8,11-12H,1-4H2,(H,16,17)/t11-,12-/m1/s1. The van der Waals surface area contributed by atoms with Crippen molar-refractivity contribution in [2.75, 3.05) is 0 Å². The number of halogens is 2. The first-order valence-electron chi connectivity index (χ1n) is 5.87. The average molecular weight is 300 g/mol. The molecule has 0 unspecified atom stereocenters. The summed E-state index contributed by atoms with van der Waals surface area (Å²) in [4.78, 5) is 12.3. The zero-order valence-corrected chi connectivity index (χ0v) is 11.0. The van der Waals surface area contributed by atoms with E-state index in [-0.39, 0.29) is 17.8 Å². The lowest BCUT2D eigenvalue weighted by atomic mass is 9.95. The molecular formula is C13H15BrFNO. The Morgan fingerprint density at radius 3 is 2.53 bits per heavy atom. The van der Waals surface area contributed by atoms with Gasteiger partial charge in [-0.1, -0.05) is 28.8 Å². The summed E-state index contributed by atoms with van der Waals surface area (Å²) in [6, 6.07) is 5.82. The molecule has 1 N–H and O–H groups in total. The van der Waals surface area contributed by atoms with Crippen LogP contribution in [0.15, 0.2) is 24.3 Å². The van der Waals surface area contributed by atoms with E-state index < -0.39 is 0 Å². The Labute approximate surface area is 109 Å². The minimum Gasteiger partial charge on any atom is -0.348 e. The molecule has 17 heavy (non-hydrogen) atoms. The largest absolute Gasteiger partial charge is 0.348 e. The van der Waals surface area contributed by atoms with Gasteiger partial charge in [-0.15, -0.1) is 0 Å². The van der Waals surface area contributed by atoms with Crippen LogP contribution in [0.2, 0.25) is 0 Å². The second-order valence-corrected chi connectivity index (χ2v) is 5.56. The van der Waals surface area contributed by atoms with Crippen molar-refractivity contribution in [1.82, 2.24) is 5.32 Å². The molecule has 1 fully saturated rings. The van der Waals surface area contributed by atoms with Gasteiger partial charge in [0.2, 0.25) is 0 Å². The lowest BCUT2D eigenvalue weighted by molar-refractivity contribution is 0.0930. The summed E-state index contributed by atoms with van der Waals surface area (Å²) < 4.78 is 12.7. The van der Waals surface area contributed by atoms with Crippen molar-refractivity contribution >= 4 is 21.8 Å². The lowest BCUT2D eigenvalue weighted by Gasteiger charge is -2.28. The smallest absolute Gasteiger partial charge is 0.251 e. The van der Waals surface area contributed by atoms with Crippen LogP contribution in [0.1, 0.15) is 36.0 Å². The summed E-state index contributed by atoms with van der Waals surface area (Å²) >= 11 is 3.59. The number of alkyl halides is 1. The third-order valence-electron chi connectivity index (χ3n) is 3.10. The van der Waals surface area contributed by atoms with Gasteiger partial charge in [-0.05, 0) is 37.1 Å². The quantitative estimate of drug-likeness (QED) is 0.835. The van der Waals surface area contributed by atoms with E-state index in [1.54, 1.807) is 0 Å². The molecule has 1 aliphatic rings. The number of rotatable bonds is 2. The Morgan fingerprint density at radius 2 is 1.88 bits per heavy atom. The molecule has 1 amide bonds. The van der Waals surface area contributed by atoms with Gasteiger partial charge in [0.25, 0.3) is 5.91 Å². The van der Waals surface area contributed by atoms with Gasteiger partial charge in [0, 0.05) is 16.4 Å². The molecule has 0 spiro atoms. The molecule has 4 heteroatoms. The van der Waals surface area contributed by atoms with Crippen molar-refractivity contribution < 1.29 is 9.18 Å². The van der Waals surface area contributed by atoms with Crippen LogP contribution in [-0.4, -0.2) is 16.8 Å². The third kappa shape index (κ3) is 3.28. The normalized spacial score (nSPS) is 24.4. The van der Waals surface area contributed by atoms with Gasteiger partial charge >= 0.3 is 0 Å². The number of nitrogens with one attached hydrogen (secondary N) is 1. The zero-order chi connectivity index (χ0) is 12.3. The van der Waals surface area contributed by atoms with Crippen LogP contribution in [0.5, 0.6) is 0 Å². The second kappa shape index (κ2) is 5.63. The Morgan fingerprint density at radius 1 is 1.24 bits per heavy atom. The van der Waals surface area contributed by atoms with Gasteiger partial charge < -0.3 is 5.32 Å². The third-order valence-corrected chi connectivity index (χ3v) is 4.20. The molecule has 2 rings (SSSR count). The van der Waals surface area contributed by atoms with Crippen molar-refractivity contribution in [2.45, 2.75) is 36.6 Å². The van der Waals surface area contributed by atoms with E-state index >= 15 is 0 Å². The number of hydrogen-bond donors (Lipinski definition) is 1. The number of carbonyl (C=O) groups excluding carboxylic acids is 1. The molecule has 0 radical (unpaired) electrons. The molecule has 2 atom stereocenters. The molecule has 92 valence electrons. The van der Waals surface area contributed by atoms with Crippen LogP contribution in [0.3, 0.4) is 0 Å². The van der Waals surface area contributed by atoms with Crippen LogP contribution in [-0.2, 0) is 0 Å². The summed E-state index contributed by atoms with van der Waals surface area (Å²) in [6.45, 7) is 0. The van der Waals surface area contributed by atoms with Crippen molar-refractivity contribution in [3.63, 3.8) is 0 Å². The Kier molecular flexibility index (Phi) is 4.15. The number of benzene rings is 1. The second-order valence-electron chi connectivity index (χ2n) is 4.39. The van der Waals surface area contributed by atoms with Crippen molar-refractivity contribution in [2.24, 2.45) is 0 Å². The van der Waals surface area contributed by atoms with Gasteiger partial charge in [-0.3, -0.25) is 4.79 Å². The maximum Gasteiger partial charge on any atom is 0.251 e. The Hall–Kier alpha value is -0.900. The maximum absolute atomic E-state index is 12.7. The first-order chi connectivity index (χ1) is 8.16. The summed E-state index contributed by atoms with van der Waals surface area (Å²) in [5.74, 6) is -0.445. The molecule has 0 aliphatic heterocycles. The molecule has 1 aliphatic carbocycles. The predicted molar refractivity (Wildman–Crippen MR) is 68.8 cm³/mol. The minimum atomic E-state index is -0.322. The van der Waals surface area contributed by atoms with E-state index in [0.29, 0.717) is 10.4 Å². The molecule has 1 aromatic rings. The minimum absolute atomic E-state index is 0.124. The highest BCUT2D eigenvalue weighted by Gasteiger charge is 2.24. The number of amides is 1. The van der Waals surface area contributed by atoms with Crippen LogP contribution >= 0.6 is 15.9 Å². The van der Waals surface area contributed by atoms with E-state index in [9.17, 15) is 9.18 Å². The Bertz CT molecular complexity index is 393. The van der Waals surface area contributed by atoms with Gasteiger partial charge in [0.15, 0.2) is 0 Å². The van der Waals surface area contributed by atoms with Crippen LogP contribution in [0, 0.1) is 5.82 Å². The monoisotopic (exact) mass is 299 g/mol. The maximum atomic E-state index is 12.7. The number of carbonyl (C=O) groups is 1. The van der Waals surface area contributed by atoms with Crippen LogP contribution < -0.4 is 5.32 Å². The highest BCUT2D eigenvalue weighted by Crippen LogP contribution is 2.24. The van der Waals surface area contributed by atoms with Gasteiger partial charge in [0.05, 0.1) is 0 Å². The molecule has 0 saturated heterocycles. The molecule has 1 saturated carbocycles. The summed E-state index contributed by atoms with van der Waals surface area (Å²) in [6.07, 6.45) is 4.45. The molecule has 1 aromatic carbocycles. The van der Waals surface area contributed by atoms with Crippen molar-refractivity contribution in [3.05, 3.63) is 35.6 Å². The fourth-order valence-corrected chi connectivity index (χ4v) is 2.82. The van der Waals surface area contributed by atoms with E-state index in [1.165, 1.54) is 30.7 Å². The summed E-state index contributed by atoms with van der Waals surface area (Å²) in [7, 11) is 0. The molecule has 2 nitrogen and oxygen atoms in total. The highest BCUT2D eigenvalue weighted by molar-refractivity contribution is 9.09. The predicted octanol–water partition coefficient (Wildman–Crippen LogP) is 3.26. The van der Waals surface area contributed by atoms with Gasteiger partial charge in [-0.25, -0.2) is 4.39 Å². The van der Waals surface area contributed by atoms with E-state index in [0.717, 1.165) is 19.3 Å². The zero-order valence-electron chi connectivity index (χ0n) is 9.46. The highest BCUT2D eigenvalue weighted by atomic mass is 79.9. The lowest BCUT2D eigenvalue weighted by Crippen LogP contribution is -2.42. The summed E-state index contributed by atoms with van der Waals surface area (Å²) in [5, 5.41) is 3.00. The fourth-order valence-electron chi connectivity index (χ4n) is 2.10. The molecular weight excluding hydrogens is 285 g/mol. The van der Waals surface area contributed by atoms with E-state index in [1.807, 2.05) is 0 Å².